The van der Waals surface area contributed by atoms with Crippen molar-refractivity contribution < 1.29 is 4.74 Å². The topological polar surface area (TPSA) is 73.1 Å². The molecule has 0 aliphatic rings. The molecule has 2 aromatic rings. The Kier molecular flexibility index (Phi) is 3.20. The summed E-state index contributed by atoms with van der Waals surface area (Å²) >= 11 is 0. The molecule has 0 aliphatic heterocycles. The van der Waals surface area contributed by atoms with Gasteiger partial charge in [-0.2, -0.15) is 0 Å². The maximum absolute atomic E-state index is 5.66. The average Bonchev–Trinajstić information content (AvgIpc) is 2.35. The van der Waals surface area contributed by atoms with Crippen LogP contribution in [0.4, 0.5) is 5.82 Å². The predicted molar refractivity (Wildman–Crippen MR) is 65.8 cm³/mol. The van der Waals surface area contributed by atoms with E-state index in [2.05, 4.69) is 15.4 Å². The summed E-state index contributed by atoms with van der Waals surface area (Å²) in [6.07, 6.45) is 1.41. The van der Waals surface area contributed by atoms with E-state index in [0.717, 1.165) is 11.3 Å². The summed E-state index contributed by atoms with van der Waals surface area (Å²) in [6.45, 7) is 3.87. The number of aromatic nitrogens is 2. The lowest BCUT2D eigenvalue weighted by molar-refractivity contribution is 0.457. The molecular weight excluding hydrogens is 216 g/mol. The van der Waals surface area contributed by atoms with E-state index in [1.165, 1.54) is 11.9 Å². The second kappa shape index (κ2) is 4.80. The lowest BCUT2D eigenvalue weighted by Gasteiger charge is -2.09. The molecule has 0 atom stereocenters. The minimum Gasteiger partial charge on any atom is -0.439 e. The first kappa shape index (κ1) is 11.3. The summed E-state index contributed by atoms with van der Waals surface area (Å²) in [4.78, 5) is 8.06. The molecule has 3 N–H and O–H groups in total. The first-order valence-electron chi connectivity index (χ1n) is 5.23. The van der Waals surface area contributed by atoms with Gasteiger partial charge in [-0.1, -0.05) is 17.7 Å². The van der Waals surface area contributed by atoms with Gasteiger partial charge in [0.1, 0.15) is 17.9 Å². The highest BCUT2D eigenvalue weighted by Gasteiger charge is 2.07. The number of benzene rings is 1. The van der Waals surface area contributed by atoms with Gasteiger partial charge >= 0.3 is 0 Å². The van der Waals surface area contributed by atoms with Crippen molar-refractivity contribution in [2.45, 2.75) is 13.8 Å². The zero-order valence-electron chi connectivity index (χ0n) is 9.77. The molecule has 1 aromatic carbocycles. The minimum absolute atomic E-state index is 0.497. The van der Waals surface area contributed by atoms with E-state index in [1.807, 2.05) is 38.1 Å². The van der Waals surface area contributed by atoms with Crippen LogP contribution in [0, 0.1) is 13.8 Å². The number of nitrogens with zero attached hydrogens (tertiary/aromatic N) is 2. The van der Waals surface area contributed by atoms with Gasteiger partial charge in [0, 0.05) is 0 Å². The second-order valence-electron chi connectivity index (χ2n) is 3.71. The van der Waals surface area contributed by atoms with Crippen LogP contribution in [0.25, 0.3) is 0 Å². The first-order valence-corrected chi connectivity index (χ1v) is 5.23. The number of ether oxygens (including phenoxy) is 1. The van der Waals surface area contributed by atoms with E-state index in [0.29, 0.717) is 11.7 Å². The van der Waals surface area contributed by atoms with E-state index in [4.69, 9.17) is 10.6 Å². The van der Waals surface area contributed by atoms with Crippen molar-refractivity contribution in [1.82, 2.24) is 9.97 Å². The highest BCUT2D eigenvalue weighted by Crippen LogP contribution is 2.25. The normalized spacial score (nSPS) is 10.1. The van der Waals surface area contributed by atoms with E-state index < -0.39 is 0 Å². The quantitative estimate of drug-likeness (QED) is 0.624. The molecule has 0 saturated heterocycles. The number of nitrogens with one attached hydrogen (secondary N) is 1. The van der Waals surface area contributed by atoms with Crippen LogP contribution >= 0.6 is 0 Å². The number of nitrogens with two attached hydrogens (primary N) is 1. The number of aryl methyl sites for hydroxylation is 1. The van der Waals surface area contributed by atoms with Gasteiger partial charge in [0.25, 0.3) is 0 Å². The van der Waals surface area contributed by atoms with E-state index >= 15 is 0 Å². The van der Waals surface area contributed by atoms with Crippen molar-refractivity contribution >= 4 is 5.82 Å². The molecule has 0 spiro atoms. The van der Waals surface area contributed by atoms with Crippen molar-refractivity contribution in [3.8, 4) is 11.6 Å². The monoisotopic (exact) mass is 230 g/mol. The molecule has 0 radical (unpaired) electrons. The van der Waals surface area contributed by atoms with E-state index in [-0.39, 0.29) is 0 Å². The first-order chi connectivity index (χ1) is 8.20. The standard InChI is InChI=1S/C12H14N4O/c1-8-3-5-10(6-4-8)17-12-9(2)11(16-13)14-7-15-12/h3-7H,13H2,1-2H3,(H,14,15,16). The number of nitrogen functional groups attached to an aromatic ring is 1. The molecule has 0 unspecified atom stereocenters. The fraction of sp³-hybridized carbons (Fsp3) is 0.167. The van der Waals surface area contributed by atoms with Gasteiger partial charge in [0.2, 0.25) is 5.88 Å². The van der Waals surface area contributed by atoms with Crippen LogP contribution < -0.4 is 16.0 Å². The molecule has 0 amide bonds. The molecule has 1 heterocycles. The van der Waals surface area contributed by atoms with Gasteiger partial charge in [-0.05, 0) is 26.0 Å². The Morgan fingerprint density at radius 2 is 1.82 bits per heavy atom. The zero-order valence-corrected chi connectivity index (χ0v) is 9.77. The number of hydrogen-bond acceptors (Lipinski definition) is 5. The Labute approximate surface area is 99.6 Å². The predicted octanol–water partition coefficient (Wildman–Crippen LogP) is 2.17. The molecule has 88 valence electrons. The van der Waals surface area contributed by atoms with Crippen LogP contribution in [-0.4, -0.2) is 9.97 Å². The number of anilines is 1. The van der Waals surface area contributed by atoms with Gasteiger partial charge in [0.05, 0.1) is 5.56 Å². The minimum atomic E-state index is 0.497. The van der Waals surface area contributed by atoms with Crippen molar-refractivity contribution in [1.29, 1.82) is 0 Å². The maximum atomic E-state index is 5.66. The highest BCUT2D eigenvalue weighted by atomic mass is 16.5. The van der Waals surface area contributed by atoms with Gasteiger partial charge in [-0.25, -0.2) is 15.8 Å². The van der Waals surface area contributed by atoms with Crippen LogP contribution in [0.1, 0.15) is 11.1 Å². The Bertz CT molecular complexity index is 510. The van der Waals surface area contributed by atoms with Crippen LogP contribution in [0.3, 0.4) is 0 Å². The van der Waals surface area contributed by atoms with Crippen LogP contribution in [0.15, 0.2) is 30.6 Å². The van der Waals surface area contributed by atoms with Crippen molar-refractivity contribution in [3.05, 3.63) is 41.7 Å². The third-order valence-corrected chi connectivity index (χ3v) is 2.41. The largest absolute Gasteiger partial charge is 0.439 e. The third kappa shape index (κ3) is 2.51. The molecule has 5 heteroatoms. The van der Waals surface area contributed by atoms with Gasteiger partial charge in [-0.15, -0.1) is 0 Å². The van der Waals surface area contributed by atoms with Gasteiger partial charge < -0.3 is 10.2 Å². The molecule has 2 rings (SSSR count). The highest BCUT2D eigenvalue weighted by molar-refractivity contribution is 5.47. The summed E-state index contributed by atoms with van der Waals surface area (Å²) in [5.41, 5.74) is 4.45. The lowest BCUT2D eigenvalue weighted by atomic mass is 10.2. The summed E-state index contributed by atoms with van der Waals surface area (Å²) < 4.78 is 5.66. The summed E-state index contributed by atoms with van der Waals surface area (Å²) in [5, 5.41) is 0. The van der Waals surface area contributed by atoms with Crippen molar-refractivity contribution in [2.75, 3.05) is 5.43 Å². The number of rotatable bonds is 3. The van der Waals surface area contributed by atoms with Crippen molar-refractivity contribution in [3.63, 3.8) is 0 Å². The molecule has 0 bridgehead atoms. The number of hydrazine groups is 1. The third-order valence-electron chi connectivity index (χ3n) is 2.41. The second-order valence-corrected chi connectivity index (χ2v) is 3.71. The Morgan fingerprint density at radius 3 is 2.47 bits per heavy atom. The zero-order chi connectivity index (χ0) is 12.3. The molecule has 1 aromatic heterocycles. The van der Waals surface area contributed by atoms with Gasteiger partial charge in [-0.3, -0.25) is 0 Å². The lowest BCUT2D eigenvalue weighted by Crippen LogP contribution is -2.10. The van der Waals surface area contributed by atoms with E-state index in [1.54, 1.807) is 0 Å². The fourth-order valence-electron chi connectivity index (χ4n) is 1.40. The molecule has 0 aliphatic carbocycles. The van der Waals surface area contributed by atoms with E-state index in [9.17, 15) is 0 Å². The molecular formula is C12H14N4O. The maximum Gasteiger partial charge on any atom is 0.227 e. The van der Waals surface area contributed by atoms with Crippen LogP contribution in [0.5, 0.6) is 11.6 Å². The number of hydrogen-bond donors (Lipinski definition) is 2. The Hall–Kier alpha value is -2.14. The molecule has 17 heavy (non-hydrogen) atoms. The average molecular weight is 230 g/mol. The molecule has 0 saturated carbocycles. The van der Waals surface area contributed by atoms with Gasteiger partial charge in [0.15, 0.2) is 0 Å². The summed E-state index contributed by atoms with van der Waals surface area (Å²) in [6, 6.07) is 7.75. The smallest absolute Gasteiger partial charge is 0.227 e. The summed E-state index contributed by atoms with van der Waals surface area (Å²) in [7, 11) is 0. The fourth-order valence-corrected chi connectivity index (χ4v) is 1.40. The van der Waals surface area contributed by atoms with Crippen molar-refractivity contribution in [2.24, 2.45) is 5.84 Å². The Morgan fingerprint density at radius 1 is 1.12 bits per heavy atom. The SMILES string of the molecule is Cc1ccc(Oc2ncnc(NN)c2C)cc1. The Balaban J connectivity index is 2.27. The molecule has 0 fully saturated rings. The summed E-state index contributed by atoms with van der Waals surface area (Å²) in [5.74, 6) is 7.13. The van der Waals surface area contributed by atoms with Crippen LogP contribution in [-0.2, 0) is 0 Å². The molecule has 5 nitrogen and oxygen atoms in total. The van der Waals surface area contributed by atoms with Crippen LogP contribution in [0.2, 0.25) is 0 Å².